The van der Waals surface area contributed by atoms with Crippen LogP contribution in [-0.2, 0) is 10.0 Å². The van der Waals surface area contributed by atoms with E-state index in [0.717, 1.165) is 12.1 Å². The zero-order valence-electron chi connectivity index (χ0n) is 11.1. The highest BCUT2D eigenvalue weighted by Gasteiger charge is 2.23. The topological polar surface area (TPSA) is 101 Å². The molecular weight excluding hydrogens is 289 g/mol. The van der Waals surface area contributed by atoms with E-state index < -0.39 is 26.5 Å². The summed E-state index contributed by atoms with van der Waals surface area (Å²) in [6.07, 6.45) is 0.567. The number of benzene rings is 1. The Morgan fingerprint density at radius 3 is 2.55 bits per heavy atom. The standard InChI is InChI=1S/C11H16FN3O4S/c1-8-6-9(7-10(11(8)12)15(16)17)20(18,19)14-5-3-4-13-2/h6-7,13-14H,3-5H2,1-2H3. The van der Waals surface area contributed by atoms with Gasteiger partial charge in [-0.25, -0.2) is 13.1 Å². The van der Waals surface area contributed by atoms with Crippen LogP contribution >= 0.6 is 0 Å². The number of nitro benzene ring substituents is 1. The average Bonchev–Trinajstić information content (AvgIpc) is 2.37. The first-order valence-corrected chi connectivity index (χ1v) is 7.36. The van der Waals surface area contributed by atoms with E-state index in [2.05, 4.69) is 10.0 Å². The summed E-state index contributed by atoms with van der Waals surface area (Å²) >= 11 is 0. The van der Waals surface area contributed by atoms with Crippen molar-refractivity contribution in [2.75, 3.05) is 20.1 Å². The third kappa shape index (κ3) is 3.95. The normalized spacial score (nSPS) is 11.6. The molecule has 0 aromatic heterocycles. The van der Waals surface area contributed by atoms with Crippen LogP contribution in [0.2, 0.25) is 0 Å². The Balaban J connectivity index is 3.04. The SMILES string of the molecule is CNCCCNS(=O)(=O)c1cc(C)c(F)c([N+](=O)[O-])c1. The van der Waals surface area contributed by atoms with Crippen LogP contribution in [0.5, 0.6) is 0 Å². The van der Waals surface area contributed by atoms with Crippen molar-refractivity contribution in [2.24, 2.45) is 0 Å². The smallest absolute Gasteiger partial charge is 0.306 e. The molecule has 0 saturated carbocycles. The molecule has 0 spiro atoms. The Morgan fingerprint density at radius 1 is 1.35 bits per heavy atom. The van der Waals surface area contributed by atoms with Crippen molar-refractivity contribution in [3.05, 3.63) is 33.6 Å². The van der Waals surface area contributed by atoms with Crippen molar-refractivity contribution in [2.45, 2.75) is 18.2 Å². The van der Waals surface area contributed by atoms with Gasteiger partial charge in [0.25, 0.3) is 0 Å². The molecule has 7 nitrogen and oxygen atoms in total. The van der Waals surface area contributed by atoms with Gasteiger partial charge in [-0.15, -0.1) is 0 Å². The Bertz CT molecular complexity index is 604. The third-order valence-electron chi connectivity index (χ3n) is 2.61. The second-order valence-corrected chi connectivity index (χ2v) is 5.95. The van der Waals surface area contributed by atoms with Crippen LogP contribution in [0.1, 0.15) is 12.0 Å². The van der Waals surface area contributed by atoms with Crippen LogP contribution in [-0.4, -0.2) is 33.5 Å². The van der Waals surface area contributed by atoms with Crippen molar-refractivity contribution in [1.82, 2.24) is 10.0 Å². The molecule has 1 rings (SSSR count). The van der Waals surface area contributed by atoms with Gasteiger partial charge in [0.2, 0.25) is 15.8 Å². The Morgan fingerprint density at radius 2 is 2.00 bits per heavy atom. The Kier molecular flexibility index (Phi) is 5.54. The predicted octanol–water partition coefficient (Wildman–Crippen LogP) is 0.930. The quantitative estimate of drug-likeness (QED) is 0.443. The highest BCUT2D eigenvalue weighted by atomic mass is 32.2. The zero-order valence-corrected chi connectivity index (χ0v) is 12.0. The first kappa shape index (κ1) is 16.5. The molecule has 0 saturated heterocycles. The number of nitro groups is 1. The summed E-state index contributed by atoms with van der Waals surface area (Å²) in [6, 6.07) is 1.80. The molecule has 9 heteroatoms. The highest BCUT2D eigenvalue weighted by Crippen LogP contribution is 2.24. The molecule has 1 aromatic rings. The lowest BCUT2D eigenvalue weighted by Crippen LogP contribution is -2.27. The summed E-state index contributed by atoms with van der Waals surface area (Å²) in [4.78, 5) is 9.44. The molecule has 0 unspecified atom stereocenters. The van der Waals surface area contributed by atoms with E-state index in [-0.39, 0.29) is 17.0 Å². The molecular formula is C11H16FN3O4S. The van der Waals surface area contributed by atoms with Gasteiger partial charge in [0, 0.05) is 12.6 Å². The third-order valence-corrected chi connectivity index (χ3v) is 4.05. The van der Waals surface area contributed by atoms with E-state index in [1.54, 1.807) is 7.05 Å². The van der Waals surface area contributed by atoms with Gasteiger partial charge in [-0.3, -0.25) is 10.1 Å². The first-order chi connectivity index (χ1) is 9.29. The molecule has 0 aliphatic rings. The maximum atomic E-state index is 13.5. The molecule has 0 amide bonds. The van der Waals surface area contributed by atoms with Gasteiger partial charge in [0.1, 0.15) is 0 Å². The van der Waals surface area contributed by atoms with E-state index in [0.29, 0.717) is 13.0 Å². The van der Waals surface area contributed by atoms with Crippen molar-refractivity contribution < 1.29 is 17.7 Å². The second-order valence-electron chi connectivity index (χ2n) is 4.19. The van der Waals surface area contributed by atoms with Gasteiger partial charge in [-0.2, -0.15) is 4.39 Å². The molecule has 0 fully saturated rings. The van der Waals surface area contributed by atoms with Crippen LogP contribution < -0.4 is 10.0 Å². The summed E-state index contributed by atoms with van der Waals surface area (Å²) in [7, 11) is -2.15. The molecule has 0 atom stereocenters. The van der Waals surface area contributed by atoms with Gasteiger partial charge >= 0.3 is 5.69 Å². The minimum atomic E-state index is -3.88. The fourth-order valence-electron chi connectivity index (χ4n) is 1.56. The summed E-state index contributed by atoms with van der Waals surface area (Å²) in [6.45, 7) is 2.10. The monoisotopic (exact) mass is 305 g/mol. The Labute approximate surface area is 116 Å². The summed E-state index contributed by atoms with van der Waals surface area (Å²) < 4.78 is 39.7. The highest BCUT2D eigenvalue weighted by molar-refractivity contribution is 7.89. The molecule has 2 N–H and O–H groups in total. The van der Waals surface area contributed by atoms with Gasteiger partial charge in [0.05, 0.1) is 9.82 Å². The molecule has 1 aromatic carbocycles. The fraction of sp³-hybridized carbons (Fsp3) is 0.455. The number of nitrogens with zero attached hydrogens (tertiary/aromatic N) is 1. The van der Waals surface area contributed by atoms with E-state index in [9.17, 15) is 22.9 Å². The van der Waals surface area contributed by atoms with Crippen LogP contribution in [0.3, 0.4) is 0 Å². The summed E-state index contributed by atoms with van der Waals surface area (Å²) in [5, 5.41) is 13.6. The van der Waals surface area contributed by atoms with Gasteiger partial charge < -0.3 is 5.32 Å². The first-order valence-electron chi connectivity index (χ1n) is 5.88. The van der Waals surface area contributed by atoms with Gasteiger partial charge in [0.15, 0.2) is 0 Å². The maximum absolute atomic E-state index is 13.5. The number of nitrogens with one attached hydrogen (secondary N) is 2. The van der Waals surface area contributed by atoms with E-state index in [4.69, 9.17) is 0 Å². The zero-order chi connectivity index (χ0) is 15.3. The number of aryl methyl sites for hydroxylation is 1. The Hall–Kier alpha value is -1.58. The number of hydrogen-bond donors (Lipinski definition) is 2. The lowest BCUT2D eigenvalue weighted by molar-refractivity contribution is -0.387. The van der Waals surface area contributed by atoms with Gasteiger partial charge in [-0.05, 0) is 38.6 Å². The van der Waals surface area contributed by atoms with Crippen molar-refractivity contribution in [1.29, 1.82) is 0 Å². The second kappa shape index (κ2) is 6.73. The van der Waals surface area contributed by atoms with E-state index in [1.165, 1.54) is 6.92 Å². The molecule has 112 valence electrons. The lowest BCUT2D eigenvalue weighted by atomic mass is 10.2. The summed E-state index contributed by atoms with van der Waals surface area (Å²) in [5.41, 5.74) is -0.935. The van der Waals surface area contributed by atoms with E-state index >= 15 is 0 Å². The lowest BCUT2D eigenvalue weighted by Gasteiger charge is -2.08. The maximum Gasteiger partial charge on any atom is 0.306 e. The van der Waals surface area contributed by atoms with E-state index in [1.807, 2.05) is 0 Å². The van der Waals surface area contributed by atoms with Crippen molar-refractivity contribution in [3.63, 3.8) is 0 Å². The molecule has 0 aliphatic heterocycles. The number of hydrogen-bond acceptors (Lipinski definition) is 5. The number of sulfonamides is 1. The fourth-order valence-corrected chi connectivity index (χ4v) is 2.74. The number of rotatable bonds is 7. The molecule has 0 heterocycles. The van der Waals surface area contributed by atoms with Crippen LogP contribution in [0.25, 0.3) is 0 Å². The minimum Gasteiger partial charge on any atom is -0.320 e. The largest absolute Gasteiger partial charge is 0.320 e. The van der Waals surface area contributed by atoms with Crippen LogP contribution in [0.4, 0.5) is 10.1 Å². The molecule has 20 heavy (non-hydrogen) atoms. The minimum absolute atomic E-state index is 0.0881. The molecule has 0 aliphatic carbocycles. The van der Waals surface area contributed by atoms with Gasteiger partial charge in [-0.1, -0.05) is 0 Å². The van der Waals surface area contributed by atoms with Crippen molar-refractivity contribution >= 4 is 15.7 Å². The summed E-state index contributed by atoms with van der Waals surface area (Å²) in [5.74, 6) is -1.02. The van der Waals surface area contributed by atoms with Crippen molar-refractivity contribution in [3.8, 4) is 0 Å². The van der Waals surface area contributed by atoms with Crippen LogP contribution in [0, 0.1) is 22.9 Å². The number of halogens is 1. The predicted molar refractivity (Wildman–Crippen MR) is 71.5 cm³/mol. The molecule has 0 radical (unpaired) electrons. The van der Waals surface area contributed by atoms with Crippen LogP contribution in [0.15, 0.2) is 17.0 Å². The molecule has 0 bridgehead atoms. The average molecular weight is 305 g/mol.